The molecule has 0 radical (unpaired) electrons. The molecular formula is C17H18F2N4O2. The highest BCUT2D eigenvalue weighted by molar-refractivity contribution is 5.94. The predicted octanol–water partition coefficient (Wildman–Crippen LogP) is 2.44. The number of likely N-dealkylation sites (tertiary alicyclic amines) is 1. The van der Waals surface area contributed by atoms with Gasteiger partial charge < -0.3 is 10.2 Å². The van der Waals surface area contributed by atoms with Crippen LogP contribution in [-0.2, 0) is 6.54 Å². The summed E-state index contributed by atoms with van der Waals surface area (Å²) >= 11 is 0. The van der Waals surface area contributed by atoms with Crippen molar-refractivity contribution in [2.45, 2.75) is 25.9 Å². The van der Waals surface area contributed by atoms with E-state index in [0.717, 1.165) is 37.7 Å². The van der Waals surface area contributed by atoms with E-state index in [1.54, 1.807) is 24.3 Å². The molecule has 0 aliphatic carbocycles. The lowest BCUT2D eigenvalue weighted by atomic mass is 10.1. The van der Waals surface area contributed by atoms with Crippen molar-refractivity contribution in [1.29, 1.82) is 0 Å². The SMILES string of the molecule is O=C(NCc1ccc(C(=O)N2CCCC2)cc1)c1ccn(C(F)F)n1. The second-order valence-corrected chi connectivity index (χ2v) is 5.84. The molecule has 6 nitrogen and oxygen atoms in total. The number of hydrogen-bond donors (Lipinski definition) is 1. The lowest BCUT2D eigenvalue weighted by molar-refractivity contribution is 0.0559. The van der Waals surface area contributed by atoms with Gasteiger partial charge in [0.2, 0.25) is 0 Å². The van der Waals surface area contributed by atoms with Crippen LogP contribution < -0.4 is 5.32 Å². The first-order valence-corrected chi connectivity index (χ1v) is 8.04. The van der Waals surface area contributed by atoms with Crippen LogP contribution in [0, 0.1) is 0 Å². The standard InChI is InChI=1S/C17H18F2N4O2/c18-17(19)23-10-7-14(21-23)15(24)20-11-12-3-5-13(6-4-12)16(25)22-8-1-2-9-22/h3-7,10,17H,1-2,8-9,11H2,(H,20,24). The molecule has 3 rings (SSSR count). The molecule has 25 heavy (non-hydrogen) atoms. The van der Waals surface area contributed by atoms with E-state index in [4.69, 9.17) is 0 Å². The molecular weight excluding hydrogens is 330 g/mol. The zero-order valence-electron chi connectivity index (χ0n) is 13.5. The third kappa shape index (κ3) is 4.01. The first-order valence-electron chi connectivity index (χ1n) is 8.04. The Morgan fingerprint density at radius 3 is 2.40 bits per heavy atom. The number of alkyl halides is 2. The van der Waals surface area contributed by atoms with E-state index < -0.39 is 12.5 Å². The van der Waals surface area contributed by atoms with Crippen LogP contribution in [0.15, 0.2) is 36.5 Å². The van der Waals surface area contributed by atoms with Gasteiger partial charge in [-0.1, -0.05) is 12.1 Å². The Labute approximate surface area is 143 Å². The Hall–Kier alpha value is -2.77. The van der Waals surface area contributed by atoms with Gasteiger partial charge in [-0.2, -0.15) is 13.9 Å². The summed E-state index contributed by atoms with van der Waals surface area (Å²) < 4.78 is 25.3. The number of aromatic nitrogens is 2. The molecule has 2 aromatic rings. The van der Waals surface area contributed by atoms with Crippen molar-refractivity contribution in [2.24, 2.45) is 0 Å². The average molecular weight is 348 g/mol. The summed E-state index contributed by atoms with van der Waals surface area (Å²) in [5, 5.41) is 6.12. The van der Waals surface area contributed by atoms with Gasteiger partial charge in [0.1, 0.15) is 5.69 Å². The van der Waals surface area contributed by atoms with Crippen molar-refractivity contribution in [3.8, 4) is 0 Å². The van der Waals surface area contributed by atoms with Crippen molar-refractivity contribution in [3.63, 3.8) is 0 Å². The van der Waals surface area contributed by atoms with Gasteiger partial charge in [-0.25, -0.2) is 4.68 Å². The largest absolute Gasteiger partial charge is 0.347 e. The first kappa shape index (κ1) is 17.1. The molecule has 0 atom stereocenters. The molecule has 132 valence electrons. The Morgan fingerprint density at radius 1 is 1.12 bits per heavy atom. The van der Waals surface area contributed by atoms with Crippen LogP contribution in [0.2, 0.25) is 0 Å². The van der Waals surface area contributed by atoms with E-state index in [1.807, 2.05) is 4.90 Å². The summed E-state index contributed by atoms with van der Waals surface area (Å²) in [5.74, 6) is -0.512. The van der Waals surface area contributed by atoms with Crippen LogP contribution in [0.5, 0.6) is 0 Å². The maximum atomic E-state index is 12.4. The van der Waals surface area contributed by atoms with Crippen LogP contribution in [0.25, 0.3) is 0 Å². The summed E-state index contributed by atoms with van der Waals surface area (Å²) in [4.78, 5) is 26.0. The van der Waals surface area contributed by atoms with E-state index in [0.29, 0.717) is 10.2 Å². The number of amides is 2. The number of nitrogens with one attached hydrogen (secondary N) is 1. The number of carbonyl (C=O) groups is 2. The van der Waals surface area contributed by atoms with E-state index in [-0.39, 0.29) is 18.1 Å². The molecule has 1 N–H and O–H groups in total. The molecule has 0 saturated carbocycles. The minimum Gasteiger partial charge on any atom is -0.347 e. The van der Waals surface area contributed by atoms with Crippen molar-refractivity contribution in [2.75, 3.05) is 13.1 Å². The molecule has 0 unspecified atom stereocenters. The summed E-state index contributed by atoms with van der Waals surface area (Å²) in [5.41, 5.74) is 1.35. The molecule has 2 amide bonds. The average Bonchev–Trinajstić information content (AvgIpc) is 3.31. The van der Waals surface area contributed by atoms with Crippen LogP contribution in [-0.4, -0.2) is 39.6 Å². The second-order valence-electron chi connectivity index (χ2n) is 5.84. The number of benzene rings is 1. The number of rotatable bonds is 5. The van der Waals surface area contributed by atoms with E-state index >= 15 is 0 Å². The number of nitrogens with zero attached hydrogens (tertiary/aromatic N) is 3. The smallest absolute Gasteiger partial charge is 0.333 e. The van der Waals surface area contributed by atoms with Gasteiger partial charge in [-0.15, -0.1) is 0 Å². The van der Waals surface area contributed by atoms with Crippen LogP contribution in [0.4, 0.5) is 8.78 Å². The summed E-state index contributed by atoms with van der Waals surface area (Å²) in [6.45, 7) is -0.968. The van der Waals surface area contributed by atoms with Crippen molar-refractivity contribution in [1.82, 2.24) is 20.0 Å². The molecule has 0 spiro atoms. The maximum Gasteiger partial charge on any atom is 0.333 e. The zero-order valence-corrected chi connectivity index (χ0v) is 13.5. The fourth-order valence-electron chi connectivity index (χ4n) is 2.71. The van der Waals surface area contributed by atoms with Crippen molar-refractivity contribution >= 4 is 11.8 Å². The first-order chi connectivity index (χ1) is 12.0. The fourth-order valence-corrected chi connectivity index (χ4v) is 2.71. The number of halogens is 2. The normalized spacial score (nSPS) is 14.1. The molecule has 1 fully saturated rings. The van der Waals surface area contributed by atoms with Crippen molar-refractivity contribution in [3.05, 3.63) is 53.3 Å². The molecule has 1 aliphatic rings. The number of hydrogen-bond acceptors (Lipinski definition) is 3. The molecule has 1 aliphatic heterocycles. The minimum atomic E-state index is -2.78. The Balaban J connectivity index is 1.56. The fraction of sp³-hybridized carbons (Fsp3) is 0.353. The lowest BCUT2D eigenvalue weighted by Crippen LogP contribution is -2.27. The Kier molecular flexibility index (Phi) is 5.06. The van der Waals surface area contributed by atoms with Crippen molar-refractivity contribution < 1.29 is 18.4 Å². The highest BCUT2D eigenvalue weighted by Gasteiger charge is 2.19. The van der Waals surface area contributed by atoms with E-state index in [9.17, 15) is 18.4 Å². The quantitative estimate of drug-likeness (QED) is 0.902. The van der Waals surface area contributed by atoms with Gasteiger partial charge in [-0.05, 0) is 36.6 Å². The molecule has 8 heteroatoms. The molecule has 1 aromatic heterocycles. The third-order valence-corrected chi connectivity index (χ3v) is 4.09. The second kappa shape index (κ2) is 7.42. The van der Waals surface area contributed by atoms with Gasteiger partial charge in [0.15, 0.2) is 0 Å². The highest BCUT2D eigenvalue weighted by atomic mass is 19.3. The molecule has 0 bridgehead atoms. The molecule has 2 heterocycles. The molecule has 1 saturated heterocycles. The minimum absolute atomic E-state index is 0.0191. The van der Waals surface area contributed by atoms with E-state index in [1.165, 1.54) is 6.07 Å². The predicted molar refractivity (Wildman–Crippen MR) is 86.2 cm³/mol. The van der Waals surface area contributed by atoms with E-state index in [2.05, 4.69) is 10.4 Å². The summed E-state index contributed by atoms with van der Waals surface area (Å²) in [6, 6.07) is 8.23. The maximum absolute atomic E-state index is 12.4. The third-order valence-electron chi connectivity index (χ3n) is 4.09. The van der Waals surface area contributed by atoms with Crippen LogP contribution >= 0.6 is 0 Å². The highest BCUT2D eigenvalue weighted by Crippen LogP contribution is 2.14. The summed E-state index contributed by atoms with van der Waals surface area (Å²) in [6.07, 6.45) is 3.13. The summed E-state index contributed by atoms with van der Waals surface area (Å²) in [7, 11) is 0. The Bertz CT molecular complexity index is 752. The monoisotopic (exact) mass is 348 g/mol. The van der Waals surface area contributed by atoms with Crippen LogP contribution in [0.3, 0.4) is 0 Å². The topological polar surface area (TPSA) is 67.2 Å². The van der Waals surface area contributed by atoms with Gasteiger partial charge in [0, 0.05) is 31.4 Å². The van der Waals surface area contributed by atoms with Gasteiger partial charge >= 0.3 is 6.55 Å². The van der Waals surface area contributed by atoms with Gasteiger partial charge in [0.25, 0.3) is 11.8 Å². The lowest BCUT2D eigenvalue weighted by Gasteiger charge is -2.15. The van der Waals surface area contributed by atoms with Gasteiger partial charge in [-0.3, -0.25) is 9.59 Å². The zero-order chi connectivity index (χ0) is 17.8. The molecule has 1 aromatic carbocycles. The van der Waals surface area contributed by atoms with Crippen LogP contribution in [0.1, 0.15) is 45.8 Å². The Morgan fingerprint density at radius 2 is 1.80 bits per heavy atom. The number of carbonyl (C=O) groups excluding carboxylic acids is 2. The van der Waals surface area contributed by atoms with Gasteiger partial charge in [0.05, 0.1) is 0 Å².